The highest BCUT2D eigenvalue weighted by atomic mass is 16.4. The number of hydrogen-bond donors (Lipinski definition) is 2. The lowest BCUT2D eigenvalue weighted by Gasteiger charge is -2.08. The number of carbonyl (C=O) groups is 1. The van der Waals surface area contributed by atoms with Crippen LogP contribution in [-0.2, 0) is 16.1 Å². The van der Waals surface area contributed by atoms with Gasteiger partial charge in [-0.3, -0.25) is 14.6 Å². The molecule has 5 heteroatoms. The highest BCUT2D eigenvalue weighted by molar-refractivity contribution is 5.73. The Kier molecular flexibility index (Phi) is 4.43. The third-order valence-corrected chi connectivity index (χ3v) is 1.80. The van der Waals surface area contributed by atoms with Gasteiger partial charge in [0, 0.05) is 18.9 Å². The molecule has 15 heavy (non-hydrogen) atoms. The van der Waals surface area contributed by atoms with E-state index in [1.54, 1.807) is 24.7 Å². The molecule has 0 aromatic carbocycles. The van der Waals surface area contributed by atoms with Crippen LogP contribution in [0.4, 0.5) is 0 Å². The molecule has 79 valence electrons. The average Bonchev–Trinajstić information content (AvgIpc) is 2.25. The number of carboxylic acids is 1. The minimum Gasteiger partial charge on any atom is -0.481 e. The number of nitrogens with one attached hydrogen (secondary N) is 1. The van der Waals surface area contributed by atoms with Crippen molar-refractivity contribution in [2.24, 2.45) is 0 Å². The smallest absolute Gasteiger partial charge is 0.305 e. The van der Waals surface area contributed by atoms with Gasteiger partial charge in [0.05, 0.1) is 12.5 Å². The number of aromatic nitrogens is 1. The fourth-order valence-electron chi connectivity index (χ4n) is 1.07. The van der Waals surface area contributed by atoms with E-state index in [2.05, 4.69) is 10.3 Å². The van der Waals surface area contributed by atoms with Crippen molar-refractivity contribution in [3.63, 3.8) is 0 Å². The molecule has 1 aromatic rings. The van der Waals surface area contributed by atoms with Crippen LogP contribution in [0.1, 0.15) is 12.0 Å². The van der Waals surface area contributed by atoms with Gasteiger partial charge in [-0.1, -0.05) is 6.07 Å². The van der Waals surface area contributed by atoms with Crippen LogP contribution < -0.4 is 5.32 Å². The van der Waals surface area contributed by atoms with Crippen molar-refractivity contribution in [1.29, 1.82) is 0 Å². The first-order chi connectivity index (χ1) is 7.22. The predicted octanol–water partition coefficient (Wildman–Crippen LogP) is 0.124. The summed E-state index contributed by atoms with van der Waals surface area (Å²) in [6.45, 7) is 0.404. The molecule has 0 fully saturated rings. The summed E-state index contributed by atoms with van der Waals surface area (Å²) >= 11 is 0. The van der Waals surface area contributed by atoms with Crippen LogP contribution in [0.25, 0.3) is 0 Å². The average molecular weight is 207 g/mol. The maximum Gasteiger partial charge on any atom is 0.305 e. The maximum atomic E-state index is 10.4. The summed E-state index contributed by atoms with van der Waals surface area (Å²) in [6, 6.07) is 2.83. The maximum absolute atomic E-state index is 10.4. The molecule has 0 bridgehead atoms. The molecule has 1 heterocycles. The second-order valence-corrected chi connectivity index (χ2v) is 3.01. The van der Waals surface area contributed by atoms with Crippen LogP contribution in [-0.4, -0.2) is 28.4 Å². The number of aliphatic carboxylic acids is 1. The zero-order chi connectivity index (χ0) is 11.1. The summed E-state index contributed by atoms with van der Waals surface area (Å²) in [5.41, 5.74) is 0.892. The van der Waals surface area contributed by atoms with Gasteiger partial charge < -0.3 is 10.4 Å². The Labute approximate surface area is 87.1 Å². The van der Waals surface area contributed by atoms with Crippen molar-refractivity contribution in [3.05, 3.63) is 30.1 Å². The summed E-state index contributed by atoms with van der Waals surface area (Å²) < 4.78 is 0. The van der Waals surface area contributed by atoms with Gasteiger partial charge in [0.25, 0.3) is 0 Å². The first-order valence-corrected chi connectivity index (χ1v) is 4.44. The third kappa shape index (κ3) is 4.33. The summed E-state index contributed by atoms with van der Waals surface area (Å²) in [6.07, 6.45) is 4.67. The standard InChI is InChI=1S/C10H11N2O3/c13-7-9(4-10(14)15)12-6-8-2-1-3-11-5-8/h1-3,5,9,12H,4,6H2,(H,14,15)/t9-/m0/s1. The summed E-state index contributed by atoms with van der Waals surface area (Å²) in [4.78, 5) is 24.6. The molecular weight excluding hydrogens is 196 g/mol. The second-order valence-electron chi connectivity index (χ2n) is 3.01. The quantitative estimate of drug-likeness (QED) is 0.692. The van der Waals surface area contributed by atoms with E-state index in [1.165, 1.54) is 0 Å². The predicted molar refractivity (Wildman–Crippen MR) is 52.8 cm³/mol. The highest BCUT2D eigenvalue weighted by Crippen LogP contribution is 1.96. The zero-order valence-electron chi connectivity index (χ0n) is 8.01. The van der Waals surface area contributed by atoms with Crippen molar-refractivity contribution in [1.82, 2.24) is 10.3 Å². The second kappa shape index (κ2) is 5.87. The van der Waals surface area contributed by atoms with E-state index in [4.69, 9.17) is 5.11 Å². The molecular formula is C10H11N2O3. The Bertz CT molecular complexity index is 327. The Hall–Kier alpha value is -1.75. The van der Waals surface area contributed by atoms with E-state index in [9.17, 15) is 9.59 Å². The molecule has 0 unspecified atom stereocenters. The number of rotatable bonds is 6. The van der Waals surface area contributed by atoms with E-state index < -0.39 is 12.0 Å². The molecule has 0 aliphatic heterocycles. The molecule has 0 saturated heterocycles. The summed E-state index contributed by atoms with van der Waals surface area (Å²) in [7, 11) is 0. The zero-order valence-corrected chi connectivity index (χ0v) is 8.01. The molecule has 1 radical (unpaired) electrons. The van der Waals surface area contributed by atoms with Crippen LogP contribution in [0.3, 0.4) is 0 Å². The minimum absolute atomic E-state index is 0.260. The first-order valence-electron chi connectivity index (χ1n) is 4.44. The molecule has 0 spiro atoms. The number of nitrogens with zero attached hydrogens (tertiary/aromatic N) is 1. The minimum atomic E-state index is -1.03. The molecule has 1 rings (SSSR count). The number of hydrogen-bond acceptors (Lipinski definition) is 4. The Morgan fingerprint density at radius 2 is 2.47 bits per heavy atom. The van der Waals surface area contributed by atoms with E-state index >= 15 is 0 Å². The molecule has 2 N–H and O–H groups in total. The van der Waals surface area contributed by atoms with Crippen LogP contribution in [0, 0.1) is 0 Å². The molecule has 1 atom stereocenters. The fraction of sp³-hybridized carbons (Fsp3) is 0.300. The van der Waals surface area contributed by atoms with E-state index in [1.807, 2.05) is 6.07 Å². The van der Waals surface area contributed by atoms with Crippen molar-refractivity contribution >= 4 is 12.3 Å². The Balaban J connectivity index is 2.41. The molecule has 0 aliphatic rings. The van der Waals surface area contributed by atoms with Crippen LogP contribution in [0.5, 0.6) is 0 Å². The lowest BCUT2D eigenvalue weighted by molar-refractivity contribution is -0.137. The largest absolute Gasteiger partial charge is 0.481 e. The lowest BCUT2D eigenvalue weighted by Crippen LogP contribution is -2.32. The van der Waals surface area contributed by atoms with E-state index in [0.29, 0.717) is 6.54 Å². The van der Waals surface area contributed by atoms with Crippen molar-refractivity contribution < 1.29 is 14.7 Å². The first kappa shape index (κ1) is 11.3. The van der Waals surface area contributed by atoms with Gasteiger partial charge >= 0.3 is 5.97 Å². The Morgan fingerprint density at radius 1 is 1.67 bits per heavy atom. The number of pyridine rings is 1. The number of carboxylic acid groups (broad SMARTS) is 1. The van der Waals surface area contributed by atoms with Crippen molar-refractivity contribution in [3.8, 4) is 0 Å². The monoisotopic (exact) mass is 207 g/mol. The van der Waals surface area contributed by atoms with Gasteiger partial charge in [-0.05, 0) is 11.6 Å². The van der Waals surface area contributed by atoms with Gasteiger partial charge in [-0.25, -0.2) is 0 Å². The summed E-state index contributed by atoms with van der Waals surface area (Å²) in [5.74, 6) is -1.03. The van der Waals surface area contributed by atoms with Gasteiger partial charge in [0.2, 0.25) is 6.29 Å². The van der Waals surface area contributed by atoms with E-state index in [0.717, 1.165) is 5.56 Å². The van der Waals surface area contributed by atoms with Gasteiger partial charge in [-0.2, -0.15) is 0 Å². The fourth-order valence-corrected chi connectivity index (χ4v) is 1.07. The molecule has 0 saturated carbocycles. The van der Waals surface area contributed by atoms with Crippen LogP contribution in [0.15, 0.2) is 24.5 Å². The van der Waals surface area contributed by atoms with Gasteiger partial charge in [0.15, 0.2) is 0 Å². The normalized spacial score (nSPS) is 12.0. The highest BCUT2D eigenvalue weighted by Gasteiger charge is 2.11. The molecule has 5 nitrogen and oxygen atoms in total. The Morgan fingerprint density at radius 3 is 3.00 bits per heavy atom. The van der Waals surface area contributed by atoms with E-state index in [-0.39, 0.29) is 6.42 Å². The molecule has 1 aromatic heterocycles. The van der Waals surface area contributed by atoms with Gasteiger partial charge in [-0.15, -0.1) is 0 Å². The van der Waals surface area contributed by atoms with Crippen molar-refractivity contribution in [2.75, 3.05) is 0 Å². The van der Waals surface area contributed by atoms with Crippen LogP contribution in [0.2, 0.25) is 0 Å². The molecule has 0 amide bonds. The molecule has 0 aliphatic carbocycles. The van der Waals surface area contributed by atoms with Crippen molar-refractivity contribution in [2.45, 2.75) is 19.0 Å². The third-order valence-electron chi connectivity index (χ3n) is 1.80. The lowest BCUT2D eigenvalue weighted by atomic mass is 10.2. The van der Waals surface area contributed by atoms with Gasteiger partial charge in [0.1, 0.15) is 0 Å². The van der Waals surface area contributed by atoms with Crippen LogP contribution >= 0.6 is 0 Å². The number of carbonyl (C=O) groups excluding carboxylic acids is 1. The summed E-state index contributed by atoms with van der Waals surface area (Å²) in [5, 5.41) is 11.3. The topological polar surface area (TPSA) is 79.3 Å². The SMILES string of the molecule is O=[C][C@H](CC(=O)O)NCc1cccnc1.